The van der Waals surface area contributed by atoms with Crippen molar-refractivity contribution < 1.29 is 4.42 Å². The summed E-state index contributed by atoms with van der Waals surface area (Å²) >= 11 is 0. The zero-order valence-corrected chi connectivity index (χ0v) is 10.8. The second kappa shape index (κ2) is 6.54. The van der Waals surface area contributed by atoms with Gasteiger partial charge >= 0.3 is 0 Å². The first-order valence-corrected chi connectivity index (χ1v) is 6.04. The van der Waals surface area contributed by atoms with Crippen molar-refractivity contribution in [2.45, 2.75) is 27.7 Å². The molecule has 0 radical (unpaired) electrons. The van der Waals surface area contributed by atoms with Crippen LogP contribution in [0.3, 0.4) is 0 Å². The zero-order chi connectivity index (χ0) is 12.0. The summed E-state index contributed by atoms with van der Waals surface area (Å²) < 4.78 is 5.34. The van der Waals surface area contributed by atoms with Gasteiger partial charge in [0.15, 0.2) is 0 Å². The molecule has 0 fully saturated rings. The highest BCUT2D eigenvalue weighted by Gasteiger charge is 2.04. The Morgan fingerprint density at radius 3 is 2.62 bits per heavy atom. The van der Waals surface area contributed by atoms with Gasteiger partial charge in [0.2, 0.25) is 0 Å². The predicted octanol–water partition coefficient (Wildman–Crippen LogP) is 3.56. The Bertz CT molecular complexity index is 309. The Morgan fingerprint density at radius 2 is 2.12 bits per heavy atom. The topological polar surface area (TPSA) is 25.2 Å². The van der Waals surface area contributed by atoms with E-state index in [9.17, 15) is 0 Å². The summed E-state index contributed by atoms with van der Waals surface area (Å²) in [6.45, 7) is 10.9. The first kappa shape index (κ1) is 13.0. The molecule has 1 aromatic heterocycles. The van der Waals surface area contributed by atoms with Gasteiger partial charge < -0.3 is 9.73 Å². The minimum Gasteiger partial charge on any atom is -0.465 e. The third-order valence-electron chi connectivity index (χ3n) is 2.49. The van der Waals surface area contributed by atoms with E-state index < -0.39 is 0 Å². The lowest BCUT2D eigenvalue weighted by atomic mass is 10.0. The van der Waals surface area contributed by atoms with Gasteiger partial charge in [0, 0.05) is 6.54 Å². The summed E-state index contributed by atoms with van der Waals surface area (Å²) in [6.07, 6.45) is 3.85. The van der Waals surface area contributed by atoms with E-state index in [0.717, 1.165) is 18.8 Å². The molecule has 0 aromatic carbocycles. The van der Waals surface area contributed by atoms with Crippen molar-refractivity contribution in [3.63, 3.8) is 0 Å². The van der Waals surface area contributed by atoms with Gasteiger partial charge in [-0.3, -0.25) is 0 Å². The summed E-state index contributed by atoms with van der Waals surface area (Å²) in [7, 11) is 0. The molecule has 0 unspecified atom stereocenters. The van der Waals surface area contributed by atoms with Crippen LogP contribution in [0.5, 0.6) is 0 Å². The van der Waals surface area contributed by atoms with Crippen molar-refractivity contribution in [1.82, 2.24) is 5.32 Å². The second-order valence-electron chi connectivity index (χ2n) is 4.91. The molecule has 16 heavy (non-hydrogen) atoms. The van der Waals surface area contributed by atoms with Crippen LogP contribution < -0.4 is 5.32 Å². The molecule has 0 aliphatic rings. The van der Waals surface area contributed by atoms with Crippen LogP contribution in [0.1, 0.15) is 33.5 Å². The van der Waals surface area contributed by atoms with Crippen LogP contribution in [0.15, 0.2) is 28.4 Å². The lowest BCUT2D eigenvalue weighted by Crippen LogP contribution is -2.23. The quantitative estimate of drug-likeness (QED) is 0.794. The molecule has 0 atom stereocenters. The number of furan rings is 1. The average Bonchev–Trinajstić information content (AvgIpc) is 2.68. The fraction of sp³-hybridized carbons (Fsp3) is 0.571. The Labute approximate surface area is 98.7 Å². The normalized spacial score (nSPS) is 12.8. The molecule has 0 aliphatic carbocycles. The molecule has 0 saturated carbocycles. The lowest BCUT2D eigenvalue weighted by molar-refractivity contribution is 0.547. The van der Waals surface area contributed by atoms with E-state index in [1.165, 1.54) is 5.57 Å². The summed E-state index contributed by atoms with van der Waals surface area (Å²) in [6, 6.07) is 3.91. The molecule has 1 heterocycles. The second-order valence-corrected chi connectivity index (χ2v) is 4.91. The highest BCUT2D eigenvalue weighted by Crippen LogP contribution is 2.14. The fourth-order valence-corrected chi connectivity index (χ4v) is 1.48. The first-order chi connectivity index (χ1) is 7.59. The van der Waals surface area contributed by atoms with Gasteiger partial charge in [-0.25, -0.2) is 0 Å². The van der Waals surface area contributed by atoms with E-state index in [-0.39, 0.29) is 0 Å². The van der Waals surface area contributed by atoms with E-state index in [1.54, 1.807) is 6.26 Å². The molecule has 2 nitrogen and oxygen atoms in total. The minimum absolute atomic E-state index is 0.546. The Morgan fingerprint density at radius 1 is 1.38 bits per heavy atom. The average molecular weight is 221 g/mol. The van der Waals surface area contributed by atoms with E-state index in [0.29, 0.717) is 11.8 Å². The standard InChI is InChI=1S/C14H23NO/c1-11(2)9-15-10-13(12(3)4)8-14-6-5-7-16-14/h5-8,11-12,15H,9-10H2,1-4H3. The van der Waals surface area contributed by atoms with Gasteiger partial charge in [0.25, 0.3) is 0 Å². The number of hydrogen-bond donors (Lipinski definition) is 1. The maximum absolute atomic E-state index is 5.34. The Hall–Kier alpha value is -1.02. The molecule has 1 aromatic rings. The van der Waals surface area contributed by atoms with Crippen molar-refractivity contribution >= 4 is 6.08 Å². The van der Waals surface area contributed by atoms with Crippen molar-refractivity contribution in [3.8, 4) is 0 Å². The molecule has 0 spiro atoms. The van der Waals surface area contributed by atoms with Gasteiger partial charge in [-0.15, -0.1) is 0 Å². The Kier molecular flexibility index (Phi) is 5.33. The van der Waals surface area contributed by atoms with E-state index in [1.807, 2.05) is 12.1 Å². The number of hydrogen-bond acceptors (Lipinski definition) is 2. The SMILES string of the molecule is CC(C)CNCC(=Cc1ccco1)C(C)C. The minimum atomic E-state index is 0.546. The maximum Gasteiger partial charge on any atom is 0.126 e. The van der Waals surface area contributed by atoms with E-state index in [2.05, 4.69) is 39.1 Å². The molecular formula is C14H23NO. The third kappa shape index (κ3) is 4.67. The summed E-state index contributed by atoms with van der Waals surface area (Å²) in [4.78, 5) is 0. The monoisotopic (exact) mass is 221 g/mol. The van der Waals surface area contributed by atoms with Crippen LogP contribution in [0, 0.1) is 11.8 Å². The smallest absolute Gasteiger partial charge is 0.126 e. The molecule has 0 saturated heterocycles. The highest BCUT2D eigenvalue weighted by atomic mass is 16.3. The van der Waals surface area contributed by atoms with Crippen LogP contribution in [0.4, 0.5) is 0 Å². The third-order valence-corrected chi connectivity index (χ3v) is 2.49. The van der Waals surface area contributed by atoms with Gasteiger partial charge in [-0.05, 0) is 36.6 Å². The largest absolute Gasteiger partial charge is 0.465 e. The lowest BCUT2D eigenvalue weighted by Gasteiger charge is -2.13. The van der Waals surface area contributed by atoms with Gasteiger partial charge in [0.05, 0.1) is 6.26 Å². The van der Waals surface area contributed by atoms with E-state index in [4.69, 9.17) is 4.42 Å². The fourth-order valence-electron chi connectivity index (χ4n) is 1.48. The number of nitrogens with one attached hydrogen (secondary N) is 1. The summed E-state index contributed by atoms with van der Waals surface area (Å²) in [5, 5.41) is 3.47. The molecule has 1 N–H and O–H groups in total. The molecule has 2 heteroatoms. The van der Waals surface area contributed by atoms with E-state index >= 15 is 0 Å². The van der Waals surface area contributed by atoms with Gasteiger partial charge in [0.1, 0.15) is 5.76 Å². The van der Waals surface area contributed by atoms with Gasteiger partial charge in [-0.2, -0.15) is 0 Å². The molecule has 0 aliphatic heterocycles. The van der Waals surface area contributed by atoms with Crippen molar-refractivity contribution in [1.29, 1.82) is 0 Å². The maximum atomic E-state index is 5.34. The van der Waals surface area contributed by atoms with Crippen molar-refractivity contribution in [2.75, 3.05) is 13.1 Å². The predicted molar refractivity (Wildman–Crippen MR) is 69.2 cm³/mol. The summed E-state index contributed by atoms with van der Waals surface area (Å²) in [5.41, 5.74) is 1.38. The van der Waals surface area contributed by atoms with Crippen molar-refractivity contribution in [3.05, 3.63) is 29.7 Å². The molecule has 1 rings (SSSR count). The number of rotatable bonds is 6. The summed E-state index contributed by atoms with van der Waals surface area (Å²) in [5.74, 6) is 2.18. The molecular weight excluding hydrogens is 198 g/mol. The van der Waals surface area contributed by atoms with Crippen molar-refractivity contribution in [2.24, 2.45) is 11.8 Å². The van der Waals surface area contributed by atoms with Crippen LogP contribution in [0.2, 0.25) is 0 Å². The molecule has 0 amide bonds. The zero-order valence-electron chi connectivity index (χ0n) is 10.8. The Balaban J connectivity index is 2.54. The molecule has 90 valence electrons. The van der Waals surface area contributed by atoms with Gasteiger partial charge in [-0.1, -0.05) is 33.3 Å². The van der Waals surface area contributed by atoms with Crippen LogP contribution in [0.25, 0.3) is 6.08 Å². The van der Waals surface area contributed by atoms with Crippen LogP contribution in [-0.2, 0) is 0 Å². The molecule has 0 bridgehead atoms. The van der Waals surface area contributed by atoms with Crippen LogP contribution in [-0.4, -0.2) is 13.1 Å². The van der Waals surface area contributed by atoms with Crippen LogP contribution >= 0.6 is 0 Å². The first-order valence-electron chi connectivity index (χ1n) is 6.04. The highest BCUT2D eigenvalue weighted by molar-refractivity contribution is 5.48.